The summed E-state index contributed by atoms with van der Waals surface area (Å²) >= 11 is 0. The molecule has 4 nitrogen and oxygen atoms in total. The van der Waals surface area contributed by atoms with Crippen LogP contribution in [0.25, 0.3) is 0 Å². The first kappa shape index (κ1) is 19.0. The maximum absolute atomic E-state index is 13.2. The second-order valence-electron chi connectivity index (χ2n) is 8.02. The summed E-state index contributed by atoms with van der Waals surface area (Å²) in [5.41, 5.74) is 3.70. The van der Waals surface area contributed by atoms with E-state index in [2.05, 4.69) is 41.3 Å². The molecule has 0 spiro atoms. The third-order valence-corrected chi connectivity index (χ3v) is 6.48. The van der Waals surface area contributed by atoms with E-state index in [0.29, 0.717) is 12.5 Å². The van der Waals surface area contributed by atoms with Crippen molar-refractivity contribution in [2.45, 2.75) is 38.8 Å². The topological polar surface area (TPSA) is 32.8 Å². The lowest BCUT2D eigenvalue weighted by Crippen LogP contribution is -2.53. The van der Waals surface area contributed by atoms with Crippen LogP contribution in [-0.2, 0) is 11.2 Å². The molecule has 4 aliphatic rings. The molecule has 2 aromatic carbocycles. The van der Waals surface area contributed by atoms with Gasteiger partial charge in [0, 0.05) is 13.1 Å². The zero-order valence-corrected chi connectivity index (χ0v) is 15.6. The molecule has 28 heavy (non-hydrogen) atoms. The van der Waals surface area contributed by atoms with Crippen molar-refractivity contribution in [2.24, 2.45) is 5.92 Å². The smallest absolute Gasteiger partial charge is 0.410 e. The Labute approximate surface area is 168 Å². The molecule has 6 rings (SSSR count). The quantitative estimate of drug-likeness (QED) is 0.771. The molecule has 0 unspecified atom stereocenters. The van der Waals surface area contributed by atoms with Crippen LogP contribution in [0.1, 0.15) is 43.0 Å². The number of nitrogens with zero attached hydrogens (tertiary/aromatic N) is 2. The van der Waals surface area contributed by atoms with Gasteiger partial charge >= 0.3 is 6.09 Å². The zero-order valence-electron chi connectivity index (χ0n) is 15.6. The molecular formula is C24H30N2O2. The highest BCUT2D eigenvalue weighted by Crippen LogP contribution is 2.36. The molecule has 2 aromatic rings. The Bertz CT molecular complexity index is 814. The molecule has 3 saturated heterocycles. The van der Waals surface area contributed by atoms with Gasteiger partial charge in [-0.3, -0.25) is 9.80 Å². The van der Waals surface area contributed by atoms with E-state index in [0.717, 1.165) is 44.5 Å². The van der Waals surface area contributed by atoms with Crippen LogP contribution in [0.15, 0.2) is 54.6 Å². The van der Waals surface area contributed by atoms with Crippen LogP contribution >= 0.6 is 0 Å². The number of amides is 1. The maximum atomic E-state index is 13.2. The first-order valence-electron chi connectivity index (χ1n) is 10.1. The van der Waals surface area contributed by atoms with Crippen LogP contribution in [0.2, 0.25) is 0 Å². The molecule has 1 amide bonds. The predicted octanol–water partition coefficient (Wildman–Crippen LogP) is 4.50. The summed E-state index contributed by atoms with van der Waals surface area (Å²) in [4.78, 5) is 17.6. The van der Waals surface area contributed by atoms with E-state index in [4.69, 9.17) is 4.74 Å². The first-order valence-corrected chi connectivity index (χ1v) is 10.1. The molecule has 2 atom stereocenters. The molecular weight excluding hydrogens is 348 g/mol. The molecule has 0 aromatic heterocycles. The van der Waals surface area contributed by atoms with E-state index in [-0.39, 0.29) is 25.7 Å². The van der Waals surface area contributed by atoms with Gasteiger partial charge in [0.15, 0.2) is 0 Å². The highest BCUT2D eigenvalue weighted by Gasteiger charge is 2.39. The molecule has 0 saturated carbocycles. The minimum absolute atomic E-state index is 0. The van der Waals surface area contributed by atoms with Crippen LogP contribution in [0.4, 0.5) is 4.79 Å². The number of benzene rings is 2. The summed E-state index contributed by atoms with van der Waals surface area (Å²) < 4.78 is 6.08. The summed E-state index contributed by atoms with van der Waals surface area (Å²) in [6.07, 6.45) is 3.09. The van der Waals surface area contributed by atoms with E-state index < -0.39 is 0 Å². The fraction of sp³-hybridized carbons (Fsp3) is 0.458. The van der Waals surface area contributed by atoms with Gasteiger partial charge in [0.2, 0.25) is 0 Å². The lowest BCUT2D eigenvalue weighted by Gasteiger charge is -2.45. The van der Waals surface area contributed by atoms with Crippen molar-refractivity contribution in [1.29, 1.82) is 0 Å². The van der Waals surface area contributed by atoms with Crippen LogP contribution in [-0.4, -0.2) is 48.2 Å². The predicted molar refractivity (Wildman–Crippen MR) is 111 cm³/mol. The number of fused-ring (bicyclic) bond motifs is 4. The second kappa shape index (κ2) is 7.96. The number of carbonyl (C=O) groups excluding carboxylic acids is 1. The molecule has 0 radical (unpaired) electrons. The summed E-state index contributed by atoms with van der Waals surface area (Å²) in [5, 5.41) is 0. The number of rotatable bonds is 2. The van der Waals surface area contributed by atoms with Crippen molar-refractivity contribution in [3.8, 4) is 0 Å². The summed E-state index contributed by atoms with van der Waals surface area (Å²) in [5.74, 6) is 0.534. The molecule has 4 heterocycles. The fourth-order valence-corrected chi connectivity index (χ4v) is 5.00. The fourth-order valence-electron chi connectivity index (χ4n) is 5.00. The van der Waals surface area contributed by atoms with Crippen LogP contribution in [0, 0.1) is 5.92 Å². The van der Waals surface area contributed by atoms with Crippen molar-refractivity contribution in [3.63, 3.8) is 0 Å². The van der Waals surface area contributed by atoms with E-state index in [9.17, 15) is 4.79 Å². The van der Waals surface area contributed by atoms with E-state index in [1.807, 2.05) is 23.1 Å². The normalized spacial score (nSPS) is 28.2. The number of carbonyl (C=O) groups is 1. The SMILES string of the molecule is C.O=C(O[C@H]1CN2CCC1CC2)N1CCc2ccccc2[C@@H]1c1ccccc1. The van der Waals surface area contributed by atoms with Gasteiger partial charge in [-0.25, -0.2) is 4.79 Å². The van der Waals surface area contributed by atoms with Gasteiger partial charge in [-0.1, -0.05) is 62.0 Å². The van der Waals surface area contributed by atoms with Crippen molar-refractivity contribution in [3.05, 3.63) is 71.3 Å². The van der Waals surface area contributed by atoms with Gasteiger partial charge in [-0.05, 0) is 55.0 Å². The Balaban J connectivity index is 0.00000192. The molecule has 4 heteroatoms. The Morgan fingerprint density at radius 2 is 1.64 bits per heavy atom. The highest BCUT2D eigenvalue weighted by atomic mass is 16.6. The van der Waals surface area contributed by atoms with Crippen molar-refractivity contribution in [1.82, 2.24) is 9.80 Å². The van der Waals surface area contributed by atoms with E-state index >= 15 is 0 Å². The highest BCUT2D eigenvalue weighted by molar-refractivity contribution is 5.70. The van der Waals surface area contributed by atoms with Crippen LogP contribution < -0.4 is 0 Å². The van der Waals surface area contributed by atoms with Gasteiger partial charge in [0.25, 0.3) is 0 Å². The van der Waals surface area contributed by atoms with Gasteiger partial charge in [0.1, 0.15) is 6.10 Å². The van der Waals surface area contributed by atoms with Crippen molar-refractivity contribution in [2.75, 3.05) is 26.2 Å². The number of piperidine rings is 3. The first-order chi connectivity index (χ1) is 13.3. The lowest BCUT2D eigenvalue weighted by atomic mass is 9.86. The molecule has 3 fully saturated rings. The average Bonchev–Trinajstić information content (AvgIpc) is 2.74. The largest absolute Gasteiger partial charge is 0.444 e. The number of hydrogen-bond donors (Lipinski definition) is 0. The average molecular weight is 379 g/mol. The van der Waals surface area contributed by atoms with Gasteiger partial charge in [0.05, 0.1) is 6.04 Å². The van der Waals surface area contributed by atoms with Crippen molar-refractivity contribution >= 4 is 6.09 Å². The number of ether oxygens (including phenoxy) is 1. The third-order valence-electron chi connectivity index (χ3n) is 6.48. The Morgan fingerprint density at radius 1 is 0.929 bits per heavy atom. The van der Waals surface area contributed by atoms with Crippen LogP contribution in [0.5, 0.6) is 0 Å². The Kier molecular flexibility index (Phi) is 5.40. The minimum atomic E-state index is -0.155. The Morgan fingerprint density at radius 3 is 2.36 bits per heavy atom. The molecule has 2 bridgehead atoms. The standard InChI is InChI=1S/C23H26N2O2.CH4/c26-23(27-21-16-24-13-10-18(21)11-14-24)25-15-12-17-6-4-5-9-20(17)22(25)19-7-2-1-3-8-19;/h1-9,18,21-22H,10-16H2;1H4/t21-,22-;/m0./s1. The summed E-state index contributed by atoms with van der Waals surface area (Å²) in [6, 6.07) is 18.8. The zero-order chi connectivity index (χ0) is 18.2. The molecule has 148 valence electrons. The number of hydrogen-bond acceptors (Lipinski definition) is 3. The van der Waals surface area contributed by atoms with Crippen LogP contribution in [0.3, 0.4) is 0 Å². The lowest BCUT2D eigenvalue weighted by molar-refractivity contribution is -0.0462. The van der Waals surface area contributed by atoms with Crippen molar-refractivity contribution < 1.29 is 9.53 Å². The summed E-state index contributed by atoms with van der Waals surface area (Å²) in [6.45, 7) is 3.91. The third kappa shape index (κ3) is 3.42. The van der Waals surface area contributed by atoms with E-state index in [1.165, 1.54) is 11.1 Å². The second-order valence-corrected chi connectivity index (χ2v) is 8.02. The Hall–Kier alpha value is -2.33. The maximum Gasteiger partial charge on any atom is 0.410 e. The molecule has 0 aliphatic carbocycles. The van der Waals surface area contributed by atoms with E-state index in [1.54, 1.807) is 0 Å². The monoisotopic (exact) mass is 378 g/mol. The van der Waals surface area contributed by atoms with Gasteiger partial charge < -0.3 is 4.74 Å². The van der Waals surface area contributed by atoms with Gasteiger partial charge in [-0.2, -0.15) is 0 Å². The van der Waals surface area contributed by atoms with Gasteiger partial charge in [-0.15, -0.1) is 0 Å². The molecule has 4 aliphatic heterocycles. The minimum Gasteiger partial charge on any atom is -0.444 e. The summed E-state index contributed by atoms with van der Waals surface area (Å²) in [7, 11) is 0. The molecule has 0 N–H and O–H groups in total.